The summed E-state index contributed by atoms with van der Waals surface area (Å²) in [6, 6.07) is 19.2. The highest BCUT2D eigenvalue weighted by Crippen LogP contribution is 2.62. The van der Waals surface area contributed by atoms with Crippen LogP contribution in [0.3, 0.4) is 0 Å². The smallest absolute Gasteiger partial charge is 0.120 e. The summed E-state index contributed by atoms with van der Waals surface area (Å²) < 4.78 is 6.19. The standard InChI is InChI=1S/C27H28O2/c1-17-6-4-7-18(2)25(17)23-9-5-8-20(19(23)3)16-29-22-10-11-24-21(14-22)15-27(12-13-27)26(24)28/h4-11,14,26,28H,12-13,15-16H2,1-3H3. The first-order valence-electron chi connectivity index (χ1n) is 10.6. The molecule has 1 N–H and O–H groups in total. The van der Waals surface area contributed by atoms with Gasteiger partial charge in [0.2, 0.25) is 0 Å². The van der Waals surface area contributed by atoms with Crippen LogP contribution in [0, 0.1) is 26.2 Å². The minimum absolute atomic E-state index is 0.136. The molecule has 0 saturated heterocycles. The van der Waals surface area contributed by atoms with Crippen molar-refractivity contribution in [2.24, 2.45) is 5.41 Å². The highest BCUT2D eigenvalue weighted by molar-refractivity contribution is 5.74. The van der Waals surface area contributed by atoms with E-state index < -0.39 is 0 Å². The van der Waals surface area contributed by atoms with Crippen molar-refractivity contribution in [3.8, 4) is 16.9 Å². The summed E-state index contributed by atoms with van der Waals surface area (Å²) in [6.45, 7) is 7.10. The predicted molar refractivity (Wildman–Crippen MR) is 117 cm³/mol. The first kappa shape index (κ1) is 18.4. The Morgan fingerprint density at radius 1 is 0.966 bits per heavy atom. The molecule has 3 aromatic carbocycles. The van der Waals surface area contributed by atoms with Gasteiger partial charge in [0, 0.05) is 5.41 Å². The van der Waals surface area contributed by atoms with Crippen LogP contribution < -0.4 is 4.74 Å². The average Bonchev–Trinajstić information content (AvgIpc) is 3.42. The number of aliphatic hydroxyl groups is 1. The Morgan fingerprint density at radius 3 is 2.41 bits per heavy atom. The van der Waals surface area contributed by atoms with Gasteiger partial charge in [-0.1, -0.05) is 42.5 Å². The van der Waals surface area contributed by atoms with E-state index >= 15 is 0 Å². The molecule has 2 nitrogen and oxygen atoms in total. The Hall–Kier alpha value is -2.58. The number of benzene rings is 3. The maximum atomic E-state index is 10.5. The zero-order valence-corrected chi connectivity index (χ0v) is 17.5. The Labute approximate surface area is 173 Å². The summed E-state index contributed by atoms with van der Waals surface area (Å²) in [7, 11) is 0. The molecular weight excluding hydrogens is 356 g/mol. The van der Waals surface area contributed by atoms with Crippen LogP contribution in [0.15, 0.2) is 54.6 Å². The summed E-state index contributed by atoms with van der Waals surface area (Å²) in [5, 5.41) is 10.5. The molecule has 1 atom stereocenters. The molecule has 3 aromatic rings. The number of aliphatic hydroxyl groups excluding tert-OH is 1. The van der Waals surface area contributed by atoms with Crippen molar-refractivity contribution >= 4 is 0 Å². The quantitative estimate of drug-likeness (QED) is 0.578. The number of hydrogen-bond acceptors (Lipinski definition) is 2. The molecule has 1 fully saturated rings. The second-order valence-electron chi connectivity index (χ2n) is 8.95. The zero-order valence-electron chi connectivity index (χ0n) is 17.5. The lowest BCUT2D eigenvalue weighted by Crippen LogP contribution is -2.06. The van der Waals surface area contributed by atoms with E-state index in [0.717, 1.165) is 30.6 Å². The summed E-state index contributed by atoms with van der Waals surface area (Å²) in [5.74, 6) is 0.894. The maximum Gasteiger partial charge on any atom is 0.120 e. The van der Waals surface area contributed by atoms with Crippen molar-refractivity contribution in [1.29, 1.82) is 0 Å². The average molecular weight is 385 g/mol. The Bertz CT molecular complexity index is 1070. The second kappa shape index (κ2) is 6.74. The van der Waals surface area contributed by atoms with E-state index in [4.69, 9.17) is 4.74 Å². The topological polar surface area (TPSA) is 29.5 Å². The summed E-state index contributed by atoms with van der Waals surface area (Å²) in [5.41, 5.74) is 10.2. The third-order valence-corrected chi connectivity index (χ3v) is 7.01. The van der Waals surface area contributed by atoms with Crippen LogP contribution in [0.5, 0.6) is 5.75 Å². The molecule has 0 aliphatic heterocycles. The Balaban J connectivity index is 1.39. The third-order valence-electron chi connectivity index (χ3n) is 7.01. The fraction of sp³-hybridized carbons (Fsp3) is 0.333. The molecule has 0 aromatic heterocycles. The van der Waals surface area contributed by atoms with E-state index in [-0.39, 0.29) is 11.5 Å². The normalized spacial score (nSPS) is 18.7. The zero-order chi connectivity index (χ0) is 20.2. The Morgan fingerprint density at radius 2 is 1.69 bits per heavy atom. The third kappa shape index (κ3) is 3.07. The fourth-order valence-electron chi connectivity index (χ4n) is 5.02. The van der Waals surface area contributed by atoms with Crippen molar-refractivity contribution in [2.45, 2.75) is 52.7 Å². The molecule has 29 heavy (non-hydrogen) atoms. The van der Waals surface area contributed by atoms with Crippen molar-refractivity contribution in [1.82, 2.24) is 0 Å². The SMILES string of the molecule is Cc1cccc(C)c1-c1cccc(COc2ccc3c(c2)CC2(CC2)C3O)c1C. The van der Waals surface area contributed by atoms with E-state index in [1.807, 2.05) is 6.07 Å². The summed E-state index contributed by atoms with van der Waals surface area (Å²) >= 11 is 0. The highest BCUT2D eigenvalue weighted by atomic mass is 16.5. The van der Waals surface area contributed by atoms with Gasteiger partial charge in [0.05, 0.1) is 6.10 Å². The van der Waals surface area contributed by atoms with Crippen LogP contribution in [-0.2, 0) is 13.0 Å². The molecule has 0 heterocycles. The van der Waals surface area contributed by atoms with Gasteiger partial charge in [-0.05, 0) is 96.7 Å². The predicted octanol–water partition coefficient (Wildman–Crippen LogP) is 6.23. The molecule has 2 aliphatic rings. The minimum atomic E-state index is -0.289. The minimum Gasteiger partial charge on any atom is -0.489 e. The number of ether oxygens (including phenoxy) is 1. The van der Waals surface area contributed by atoms with Crippen LogP contribution in [0.1, 0.15) is 52.3 Å². The molecule has 5 rings (SSSR count). The summed E-state index contributed by atoms with van der Waals surface area (Å²) in [6.07, 6.45) is 2.98. The van der Waals surface area contributed by atoms with Crippen molar-refractivity contribution < 1.29 is 9.84 Å². The van der Waals surface area contributed by atoms with E-state index in [9.17, 15) is 5.11 Å². The van der Waals surface area contributed by atoms with Gasteiger partial charge in [-0.25, -0.2) is 0 Å². The maximum absolute atomic E-state index is 10.5. The number of fused-ring (bicyclic) bond motifs is 1. The van der Waals surface area contributed by atoms with Gasteiger partial charge in [0.15, 0.2) is 0 Å². The molecular formula is C27H28O2. The molecule has 148 valence electrons. The number of aryl methyl sites for hydroxylation is 2. The first-order chi connectivity index (χ1) is 14.0. The molecule has 1 unspecified atom stereocenters. The van der Waals surface area contributed by atoms with Gasteiger partial charge in [0.25, 0.3) is 0 Å². The highest BCUT2D eigenvalue weighted by Gasteiger charge is 2.53. The van der Waals surface area contributed by atoms with Gasteiger partial charge in [-0.3, -0.25) is 0 Å². The molecule has 1 saturated carbocycles. The van der Waals surface area contributed by atoms with Gasteiger partial charge >= 0.3 is 0 Å². The molecule has 1 spiro atoms. The first-order valence-corrected chi connectivity index (χ1v) is 10.6. The largest absolute Gasteiger partial charge is 0.489 e. The van der Waals surface area contributed by atoms with Crippen molar-refractivity contribution in [3.63, 3.8) is 0 Å². The molecule has 0 radical (unpaired) electrons. The Kier molecular flexibility index (Phi) is 4.29. The molecule has 0 amide bonds. The van der Waals surface area contributed by atoms with Gasteiger partial charge in [-0.2, -0.15) is 0 Å². The lowest BCUT2D eigenvalue weighted by Gasteiger charge is -2.16. The van der Waals surface area contributed by atoms with E-state index in [1.54, 1.807) is 0 Å². The molecule has 2 heteroatoms. The van der Waals surface area contributed by atoms with Gasteiger partial charge in [-0.15, -0.1) is 0 Å². The van der Waals surface area contributed by atoms with Crippen LogP contribution in [0.25, 0.3) is 11.1 Å². The van der Waals surface area contributed by atoms with Crippen LogP contribution >= 0.6 is 0 Å². The van der Waals surface area contributed by atoms with Crippen LogP contribution in [-0.4, -0.2) is 5.11 Å². The second-order valence-corrected chi connectivity index (χ2v) is 8.95. The summed E-state index contributed by atoms with van der Waals surface area (Å²) in [4.78, 5) is 0. The molecule has 0 bridgehead atoms. The number of hydrogen-bond donors (Lipinski definition) is 1. The van der Waals surface area contributed by atoms with Crippen LogP contribution in [0.4, 0.5) is 0 Å². The lowest BCUT2D eigenvalue weighted by molar-refractivity contribution is 0.109. The molecule has 2 aliphatic carbocycles. The number of rotatable bonds is 4. The van der Waals surface area contributed by atoms with Crippen LogP contribution in [0.2, 0.25) is 0 Å². The van der Waals surface area contributed by atoms with E-state index in [0.29, 0.717) is 6.61 Å². The van der Waals surface area contributed by atoms with E-state index in [2.05, 4.69) is 69.3 Å². The van der Waals surface area contributed by atoms with Gasteiger partial charge < -0.3 is 9.84 Å². The fourth-order valence-corrected chi connectivity index (χ4v) is 5.02. The van der Waals surface area contributed by atoms with Crippen molar-refractivity contribution in [3.05, 3.63) is 88.0 Å². The van der Waals surface area contributed by atoms with E-state index in [1.165, 1.54) is 38.9 Å². The monoisotopic (exact) mass is 384 g/mol. The lowest BCUT2D eigenvalue weighted by atomic mass is 9.91. The van der Waals surface area contributed by atoms with Gasteiger partial charge in [0.1, 0.15) is 12.4 Å². The van der Waals surface area contributed by atoms with Crippen molar-refractivity contribution in [2.75, 3.05) is 0 Å².